The van der Waals surface area contributed by atoms with Crippen molar-refractivity contribution in [2.24, 2.45) is 0 Å². The third-order valence-electron chi connectivity index (χ3n) is 9.25. The van der Waals surface area contributed by atoms with Gasteiger partial charge in [0.2, 0.25) is 0 Å². The van der Waals surface area contributed by atoms with E-state index in [1.54, 1.807) is 0 Å². The second-order valence-electron chi connectivity index (χ2n) is 12.2. The van der Waals surface area contributed by atoms with Gasteiger partial charge in [-0.25, -0.2) is 0 Å². The van der Waals surface area contributed by atoms with Gasteiger partial charge >= 0.3 is 0 Å². The predicted molar refractivity (Wildman–Crippen MR) is 202 cm³/mol. The smallest absolute Gasteiger partial charge is 0.137 e. The molecule has 9 aromatic rings. The molecule has 0 spiro atoms. The van der Waals surface area contributed by atoms with Crippen LogP contribution in [-0.2, 0) is 0 Å². The highest BCUT2D eigenvalue weighted by Gasteiger charge is 2.20. The summed E-state index contributed by atoms with van der Waals surface area (Å²) >= 11 is 0. The lowest BCUT2D eigenvalue weighted by molar-refractivity contribution is 0.631. The number of furan rings is 1. The van der Waals surface area contributed by atoms with Gasteiger partial charge in [-0.1, -0.05) is 133 Å². The monoisotopic (exact) mass is 613 g/mol. The minimum Gasteiger partial charge on any atom is -0.456 e. The van der Waals surface area contributed by atoms with Crippen molar-refractivity contribution in [3.8, 4) is 33.6 Å². The minimum atomic E-state index is 0.844. The van der Waals surface area contributed by atoms with E-state index in [0.29, 0.717) is 0 Å². The highest BCUT2D eigenvalue weighted by atomic mass is 16.3. The molecular weight excluding hydrogens is 583 g/mol. The zero-order valence-electron chi connectivity index (χ0n) is 26.3. The van der Waals surface area contributed by atoms with E-state index in [4.69, 9.17) is 4.42 Å². The fraction of sp³-hybridized carbons (Fsp3) is 0. The molecule has 1 aromatic heterocycles. The first kappa shape index (κ1) is 27.9. The molecule has 48 heavy (non-hydrogen) atoms. The van der Waals surface area contributed by atoms with Crippen LogP contribution in [0.3, 0.4) is 0 Å². The lowest BCUT2D eigenvalue weighted by Gasteiger charge is -2.28. The molecule has 0 saturated heterocycles. The maximum absolute atomic E-state index is 6.42. The van der Waals surface area contributed by atoms with Crippen LogP contribution in [0.5, 0.6) is 0 Å². The second-order valence-corrected chi connectivity index (χ2v) is 12.2. The number of hydrogen-bond donors (Lipinski definition) is 0. The molecule has 1 heterocycles. The number of hydrogen-bond acceptors (Lipinski definition) is 2. The number of benzene rings is 8. The zero-order chi connectivity index (χ0) is 31.9. The third-order valence-corrected chi connectivity index (χ3v) is 9.25. The summed E-state index contributed by atoms with van der Waals surface area (Å²) in [6, 6.07) is 66.9. The standard InChI is InChI=1S/C46H31NO/c1-2-11-32(12-3-1)35-15-10-16-40(30-35)47(44-19-8-7-18-43(44)46-31-38-14-5-9-20-45(38)48-46)39-26-23-33(24-27-39)36-25-28-42-37(29-36)22-21-34-13-4-6-17-41(34)42/h1-31H. The van der Waals surface area contributed by atoms with Crippen LogP contribution in [0, 0.1) is 0 Å². The van der Waals surface area contributed by atoms with Crippen LogP contribution < -0.4 is 4.90 Å². The van der Waals surface area contributed by atoms with E-state index in [9.17, 15) is 0 Å². The van der Waals surface area contributed by atoms with Gasteiger partial charge in [0.25, 0.3) is 0 Å². The Bertz CT molecular complexity index is 2530. The van der Waals surface area contributed by atoms with Crippen molar-refractivity contribution in [1.29, 1.82) is 0 Å². The molecule has 0 atom stereocenters. The van der Waals surface area contributed by atoms with E-state index in [-0.39, 0.29) is 0 Å². The topological polar surface area (TPSA) is 16.4 Å². The average Bonchev–Trinajstić information content (AvgIpc) is 3.60. The van der Waals surface area contributed by atoms with Gasteiger partial charge in [0.05, 0.1) is 5.69 Å². The van der Waals surface area contributed by atoms with Crippen molar-refractivity contribution < 1.29 is 4.42 Å². The maximum atomic E-state index is 6.42. The Balaban J connectivity index is 1.17. The molecule has 0 bridgehead atoms. The molecule has 0 fully saturated rings. The van der Waals surface area contributed by atoms with Gasteiger partial charge < -0.3 is 9.32 Å². The summed E-state index contributed by atoms with van der Waals surface area (Å²) in [6.07, 6.45) is 0. The van der Waals surface area contributed by atoms with Gasteiger partial charge in [-0.15, -0.1) is 0 Å². The van der Waals surface area contributed by atoms with Gasteiger partial charge in [-0.3, -0.25) is 0 Å². The van der Waals surface area contributed by atoms with Gasteiger partial charge in [-0.05, 0) is 98.4 Å². The van der Waals surface area contributed by atoms with Gasteiger partial charge in [-0.2, -0.15) is 0 Å². The predicted octanol–water partition coefficient (Wildman–Crippen LogP) is 13.2. The molecule has 0 amide bonds. The molecule has 0 unspecified atom stereocenters. The molecular formula is C46H31NO. The summed E-state index contributed by atoms with van der Waals surface area (Å²) in [5.41, 5.74) is 9.83. The van der Waals surface area contributed by atoms with Gasteiger partial charge in [0.15, 0.2) is 0 Å². The first-order valence-electron chi connectivity index (χ1n) is 16.3. The van der Waals surface area contributed by atoms with E-state index >= 15 is 0 Å². The fourth-order valence-electron chi connectivity index (χ4n) is 6.87. The number of anilines is 3. The maximum Gasteiger partial charge on any atom is 0.137 e. The van der Waals surface area contributed by atoms with Crippen molar-refractivity contribution in [2.75, 3.05) is 4.90 Å². The zero-order valence-corrected chi connectivity index (χ0v) is 26.3. The summed E-state index contributed by atoms with van der Waals surface area (Å²) in [7, 11) is 0. The number of para-hydroxylation sites is 2. The molecule has 226 valence electrons. The Morgan fingerprint density at radius 2 is 1.00 bits per heavy atom. The largest absolute Gasteiger partial charge is 0.456 e. The highest BCUT2D eigenvalue weighted by Crippen LogP contribution is 2.43. The normalized spacial score (nSPS) is 11.3. The third kappa shape index (κ3) is 5.01. The summed E-state index contributed by atoms with van der Waals surface area (Å²) in [5.74, 6) is 0.844. The fourth-order valence-corrected chi connectivity index (χ4v) is 6.87. The van der Waals surface area contributed by atoms with Crippen molar-refractivity contribution in [3.63, 3.8) is 0 Å². The van der Waals surface area contributed by atoms with Crippen molar-refractivity contribution in [2.45, 2.75) is 0 Å². The van der Waals surface area contributed by atoms with E-state index in [1.807, 2.05) is 18.2 Å². The molecule has 2 heteroatoms. The SMILES string of the molecule is c1ccc(-c2cccc(N(c3ccc(-c4ccc5c(ccc6ccccc65)c4)cc3)c3ccccc3-c3cc4ccccc4o3)c2)cc1. The van der Waals surface area contributed by atoms with E-state index in [0.717, 1.165) is 39.4 Å². The summed E-state index contributed by atoms with van der Waals surface area (Å²) in [5, 5.41) is 6.16. The van der Waals surface area contributed by atoms with Crippen LogP contribution in [0.4, 0.5) is 17.1 Å². The summed E-state index contributed by atoms with van der Waals surface area (Å²) in [6.45, 7) is 0. The number of fused-ring (bicyclic) bond motifs is 4. The van der Waals surface area contributed by atoms with E-state index < -0.39 is 0 Å². The molecule has 2 nitrogen and oxygen atoms in total. The first-order chi connectivity index (χ1) is 23.8. The number of rotatable bonds is 6. The molecule has 0 N–H and O–H groups in total. The minimum absolute atomic E-state index is 0.844. The van der Waals surface area contributed by atoms with Crippen molar-refractivity contribution in [1.82, 2.24) is 0 Å². The Hall–Kier alpha value is -6.38. The molecule has 9 rings (SSSR count). The quantitative estimate of drug-likeness (QED) is 0.174. The molecule has 0 aliphatic rings. The molecule has 0 aliphatic heterocycles. The van der Waals surface area contributed by atoms with E-state index in [1.165, 1.54) is 43.8 Å². The van der Waals surface area contributed by atoms with Crippen molar-refractivity contribution >= 4 is 49.6 Å². The second kappa shape index (κ2) is 11.8. The van der Waals surface area contributed by atoms with Crippen LogP contribution in [0.15, 0.2) is 192 Å². The Morgan fingerprint density at radius 3 is 1.88 bits per heavy atom. The molecule has 8 aromatic carbocycles. The lowest BCUT2D eigenvalue weighted by atomic mass is 9.97. The summed E-state index contributed by atoms with van der Waals surface area (Å²) in [4.78, 5) is 2.34. The molecule has 0 radical (unpaired) electrons. The van der Waals surface area contributed by atoms with Crippen molar-refractivity contribution in [3.05, 3.63) is 188 Å². The Labute approximate surface area is 279 Å². The van der Waals surface area contributed by atoms with Gasteiger partial charge in [0, 0.05) is 22.3 Å². The molecule has 0 saturated carbocycles. The van der Waals surface area contributed by atoms with E-state index in [2.05, 4.69) is 175 Å². The lowest BCUT2D eigenvalue weighted by Crippen LogP contribution is -2.11. The molecule has 0 aliphatic carbocycles. The van der Waals surface area contributed by atoms with Crippen LogP contribution >= 0.6 is 0 Å². The highest BCUT2D eigenvalue weighted by molar-refractivity contribution is 6.08. The van der Waals surface area contributed by atoms with Crippen LogP contribution in [-0.4, -0.2) is 0 Å². The van der Waals surface area contributed by atoms with Gasteiger partial charge in [0.1, 0.15) is 11.3 Å². The average molecular weight is 614 g/mol. The summed E-state index contributed by atoms with van der Waals surface area (Å²) < 4.78 is 6.42. The Kier molecular flexibility index (Phi) is 6.84. The Morgan fingerprint density at radius 1 is 0.354 bits per heavy atom. The van der Waals surface area contributed by atoms with Crippen LogP contribution in [0.25, 0.3) is 66.1 Å². The number of nitrogens with zero attached hydrogens (tertiary/aromatic N) is 1. The van der Waals surface area contributed by atoms with Crippen LogP contribution in [0.2, 0.25) is 0 Å². The van der Waals surface area contributed by atoms with Crippen LogP contribution in [0.1, 0.15) is 0 Å². The first-order valence-corrected chi connectivity index (χ1v) is 16.3.